The van der Waals surface area contributed by atoms with Crippen molar-refractivity contribution in [3.63, 3.8) is 0 Å². The van der Waals surface area contributed by atoms with E-state index in [1.54, 1.807) is 6.07 Å². The molecule has 122 valence electrons. The third kappa shape index (κ3) is 4.38. The Labute approximate surface area is 130 Å². The molecule has 0 saturated carbocycles. The number of phenols is 2. The van der Waals surface area contributed by atoms with E-state index in [9.17, 15) is 28.2 Å². The van der Waals surface area contributed by atoms with E-state index in [1.165, 1.54) is 24.3 Å². The first kappa shape index (κ1) is 16.7. The molecule has 0 unspecified atom stereocenters. The van der Waals surface area contributed by atoms with Gasteiger partial charge in [-0.25, -0.2) is 0 Å². The van der Waals surface area contributed by atoms with Crippen LogP contribution in [0.5, 0.6) is 11.5 Å². The fourth-order valence-corrected chi connectivity index (χ4v) is 1.98. The number of aromatic hydroxyl groups is 2. The molecule has 2 aromatic carbocycles. The third-order valence-corrected chi connectivity index (χ3v) is 3.19. The van der Waals surface area contributed by atoms with Gasteiger partial charge in [0.15, 0.2) is 11.5 Å². The molecule has 4 nitrogen and oxygen atoms in total. The first-order chi connectivity index (χ1) is 10.8. The van der Waals surface area contributed by atoms with Gasteiger partial charge < -0.3 is 15.5 Å². The van der Waals surface area contributed by atoms with Crippen LogP contribution in [0.25, 0.3) is 0 Å². The van der Waals surface area contributed by atoms with Gasteiger partial charge in [0.2, 0.25) is 0 Å². The molecule has 0 aliphatic rings. The van der Waals surface area contributed by atoms with Gasteiger partial charge in [-0.05, 0) is 42.3 Å². The van der Waals surface area contributed by atoms with Crippen LogP contribution in [0.3, 0.4) is 0 Å². The van der Waals surface area contributed by atoms with E-state index < -0.39 is 17.6 Å². The summed E-state index contributed by atoms with van der Waals surface area (Å²) in [6.07, 6.45) is -4.14. The number of hydrogen-bond donors (Lipinski definition) is 3. The van der Waals surface area contributed by atoms with E-state index in [4.69, 9.17) is 0 Å². The number of benzene rings is 2. The lowest BCUT2D eigenvalue weighted by atomic mass is 10.1. The van der Waals surface area contributed by atoms with E-state index in [0.29, 0.717) is 12.0 Å². The van der Waals surface area contributed by atoms with Gasteiger partial charge in [0, 0.05) is 12.1 Å². The number of carbonyl (C=O) groups excluding carboxylic acids is 1. The van der Waals surface area contributed by atoms with Crippen molar-refractivity contribution in [2.45, 2.75) is 12.6 Å². The van der Waals surface area contributed by atoms with E-state index in [2.05, 4.69) is 5.32 Å². The molecule has 0 saturated heterocycles. The normalized spacial score (nSPS) is 11.3. The highest BCUT2D eigenvalue weighted by Crippen LogP contribution is 2.29. The molecule has 0 fully saturated rings. The first-order valence-electron chi connectivity index (χ1n) is 6.73. The maximum absolute atomic E-state index is 12.6. The van der Waals surface area contributed by atoms with Gasteiger partial charge in [0.25, 0.3) is 5.91 Å². The Balaban J connectivity index is 1.96. The Morgan fingerprint density at radius 1 is 1.04 bits per heavy atom. The molecule has 3 N–H and O–H groups in total. The summed E-state index contributed by atoms with van der Waals surface area (Å²) >= 11 is 0. The van der Waals surface area contributed by atoms with Crippen molar-refractivity contribution in [1.29, 1.82) is 0 Å². The molecule has 0 spiro atoms. The molecule has 7 heteroatoms. The van der Waals surface area contributed by atoms with Crippen LogP contribution in [0.2, 0.25) is 0 Å². The number of nitrogens with one attached hydrogen (secondary N) is 1. The van der Waals surface area contributed by atoms with E-state index in [0.717, 1.165) is 12.1 Å². The summed E-state index contributed by atoms with van der Waals surface area (Å²) in [5.41, 5.74) is -0.286. The van der Waals surface area contributed by atoms with Crippen molar-refractivity contribution < 1.29 is 28.2 Å². The Kier molecular flexibility index (Phi) is 4.78. The summed E-state index contributed by atoms with van der Waals surface area (Å²) in [5, 5.41) is 21.0. The fraction of sp³-hybridized carbons (Fsp3) is 0.188. The highest BCUT2D eigenvalue weighted by molar-refractivity contribution is 5.94. The van der Waals surface area contributed by atoms with Crippen molar-refractivity contribution in [1.82, 2.24) is 5.32 Å². The topological polar surface area (TPSA) is 69.6 Å². The predicted molar refractivity (Wildman–Crippen MR) is 77.3 cm³/mol. The summed E-state index contributed by atoms with van der Waals surface area (Å²) < 4.78 is 37.8. The number of amides is 1. The molecular weight excluding hydrogens is 311 g/mol. The molecule has 0 atom stereocenters. The van der Waals surface area contributed by atoms with Crippen molar-refractivity contribution in [3.05, 3.63) is 59.2 Å². The van der Waals surface area contributed by atoms with Crippen LogP contribution in [0.15, 0.2) is 42.5 Å². The molecule has 2 rings (SSSR count). The number of hydrogen-bond acceptors (Lipinski definition) is 3. The zero-order chi connectivity index (χ0) is 17.0. The standard InChI is InChI=1S/C16H14F3NO3/c17-16(18,19)12-3-1-2-11(9-12)15(23)20-7-6-10-4-5-13(21)14(22)8-10/h1-5,8-9,21-22H,6-7H2,(H,20,23). The van der Waals surface area contributed by atoms with E-state index in [1.807, 2.05) is 0 Å². The Hall–Kier alpha value is -2.70. The zero-order valence-electron chi connectivity index (χ0n) is 11.9. The summed E-state index contributed by atoms with van der Waals surface area (Å²) in [5.74, 6) is -1.13. The van der Waals surface area contributed by atoms with Gasteiger partial charge >= 0.3 is 6.18 Å². The molecule has 0 aromatic heterocycles. The average molecular weight is 325 g/mol. The largest absolute Gasteiger partial charge is 0.504 e. The molecule has 2 aromatic rings. The minimum absolute atomic E-state index is 0.0756. The SMILES string of the molecule is O=C(NCCc1ccc(O)c(O)c1)c1cccc(C(F)(F)F)c1. The lowest BCUT2D eigenvalue weighted by Crippen LogP contribution is -2.26. The lowest BCUT2D eigenvalue weighted by Gasteiger charge is -2.09. The quantitative estimate of drug-likeness (QED) is 0.757. The highest BCUT2D eigenvalue weighted by atomic mass is 19.4. The Morgan fingerprint density at radius 3 is 2.43 bits per heavy atom. The number of phenolic OH excluding ortho intramolecular Hbond substituents is 2. The van der Waals surface area contributed by atoms with Crippen LogP contribution in [0.4, 0.5) is 13.2 Å². The molecule has 23 heavy (non-hydrogen) atoms. The molecule has 0 radical (unpaired) electrons. The van der Waals surface area contributed by atoms with Gasteiger partial charge in [-0.2, -0.15) is 13.2 Å². The second-order valence-electron chi connectivity index (χ2n) is 4.91. The maximum Gasteiger partial charge on any atom is 0.416 e. The second-order valence-corrected chi connectivity index (χ2v) is 4.91. The van der Waals surface area contributed by atoms with Gasteiger partial charge in [-0.1, -0.05) is 12.1 Å². The minimum Gasteiger partial charge on any atom is -0.504 e. The average Bonchev–Trinajstić information content (AvgIpc) is 2.50. The van der Waals surface area contributed by atoms with Gasteiger partial charge in [0.1, 0.15) is 0 Å². The van der Waals surface area contributed by atoms with Crippen molar-refractivity contribution in [2.24, 2.45) is 0 Å². The van der Waals surface area contributed by atoms with Crippen LogP contribution in [-0.4, -0.2) is 22.7 Å². The number of rotatable bonds is 4. The molecular formula is C16H14F3NO3. The second kappa shape index (κ2) is 6.60. The van der Waals surface area contributed by atoms with Crippen molar-refractivity contribution in [3.8, 4) is 11.5 Å². The molecule has 0 aliphatic carbocycles. The Morgan fingerprint density at radius 2 is 1.78 bits per heavy atom. The van der Waals surface area contributed by atoms with Crippen molar-refractivity contribution >= 4 is 5.91 Å². The van der Waals surface area contributed by atoms with Crippen LogP contribution in [-0.2, 0) is 12.6 Å². The highest BCUT2D eigenvalue weighted by Gasteiger charge is 2.30. The van der Waals surface area contributed by atoms with Crippen molar-refractivity contribution in [2.75, 3.05) is 6.54 Å². The number of carbonyl (C=O) groups is 1. The lowest BCUT2D eigenvalue weighted by molar-refractivity contribution is -0.137. The first-order valence-corrected chi connectivity index (χ1v) is 6.73. The van der Waals surface area contributed by atoms with Gasteiger partial charge in [0.05, 0.1) is 5.56 Å². The predicted octanol–water partition coefficient (Wildman–Crippen LogP) is 3.09. The molecule has 0 aliphatic heterocycles. The van der Waals surface area contributed by atoms with Gasteiger partial charge in [-0.3, -0.25) is 4.79 Å². The van der Waals surface area contributed by atoms with E-state index >= 15 is 0 Å². The van der Waals surface area contributed by atoms with E-state index in [-0.39, 0.29) is 23.6 Å². The summed E-state index contributed by atoms with van der Waals surface area (Å²) in [7, 11) is 0. The fourth-order valence-electron chi connectivity index (χ4n) is 1.98. The number of alkyl halides is 3. The Bertz CT molecular complexity index is 714. The van der Waals surface area contributed by atoms with Crippen LogP contribution in [0.1, 0.15) is 21.5 Å². The minimum atomic E-state index is -4.50. The zero-order valence-corrected chi connectivity index (χ0v) is 11.9. The summed E-state index contributed by atoms with van der Waals surface area (Å²) in [6.45, 7) is 0.180. The molecule has 1 amide bonds. The summed E-state index contributed by atoms with van der Waals surface area (Å²) in [4.78, 5) is 11.9. The smallest absolute Gasteiger partial charge is 0.416 e. The number of halogens is 3. The molecule has 0 bridgehead atoms. The van der Waals surface area contributed by atoms with Gasteiger partial charge in [-0.15, -0.1) is 0 Å². The van der Waals surface area contributed by atoms with Crippen LogP contribution in [0, 0.1) is 0 Å². The van der Waals surface area contributed by atoms with Crippen LogP contribution >= 0.6 is 0 Å². The monoisotopic (exact) mass is 325 g/mol. The van der Waals surface area contributed by atoms with Crippen LogP contribution < -0.4 is 5.32 Å². The molecule has 0 heterocycles. The third-order valence-electron chi connectivity index (χ3n) is 3.19. The maximum atomic E-state index is 12.6. The summed E-state index contributed by atoms with van der Waals surface area (Å²) in [6, 6.07) is 8.42.